The van der Waals surface area contributed by atoms with Gasteiger partial charge in [0.25, 0.3) is 0 Å². The van der Waals surface area contributed by atoms with Crippen LogP contribution in [0.15, 0.2) is 48.8 Å². The molecular weight excluding hydrogens is 336 g/mol. The molecule has 5 nitrogen and oxygen atoms in total. The molecule has 134 valence electrons. The van der Waals surface area contributed by atoms with Crippen molar-refractivity contribution in [1.82, 2.24) is 9.97 Å². The zero-order valence-corrected chi connectivity index (χ0v) is 14.5. The predicted molar refractivity (Wildman–Crippen MR) is 99.9 cm³/mol. The largest absolute Gasteiger partial charge is 0.393 e. The van der Waals surface area contributed by atoms with Crippen LogP contribution in [0.4, 0.5) is 37.5 Å². The fraction of sp³-hybridized carbons (Fsp3) is 0.158. The van der Waals surface area contributed by atoms with Gasteiger partial charge in [-0.1, -0.05) is 12.1 Å². The third kappa shape index (κ3) is 3.56. The lowest BCUT2D eigenvalue weighted by molar-refractivity contribution is 0.586. The summed E-state index contributed by atoms with van der Waals surface area (Å²) in [4.78, 5) is 10.3. The summed E-state index contributed by atoms with van der Waals surface area (Å²) in [5.41, 5.74) is 8.65. The quantitative estimate of drug-likeness (QED) is 0.703. The highest BCUT2D eigenvalue weighted by Gasteiger charge is 2.17. The number of nitrogens with two attached hydrogens (primary N) is 1. The van der Waals surface area contributed by atoms with Crippen molar-refractivity contribution in [1.29, 1.82) is 0 Å². The number of aromatic nitrogens is 2. The van der Waals surface area contributed by atoms with Crippen LogP contribution in [0.25, 0.3) is 0 Å². The number of halogens is 2. The number of benzene rings is 2. The van der Waals surface area contributed by atoms with E-state index in [0.29, 0.717) is 12.4 Å². The molecule has 0 bridgehead atoms. The molecule has 0 saturated heterocycles. The van der Waals surface area contributed by atoms with E-state index in [2.05, 4.69) is 15.3 Å². The Balaban J connectivity index is 1.98. The molecular formula is C19H19F2N5. The maximum absolute atomic E-state index is 13.9. The zero-order chi connectivity index (χ0) is 18.7. The minimum absolute atomic E-state index is 0.0846. The smallest absolute Gasteiger partial charge is 0.161 e. The van der Waals surface area contributed by atoms with Gasteiger partial charge in [0, 0.05) is 18.3 Å². The summed E-state index contributed by atoms with van der Waals surface area (Å²) in [6, 6.07) is 11.2. The maximum atomic E-state index is 13.9. The third-order valence-corrected chi connectivity index (χ3v) is 3.93. The molecule has 0 spiro atoms. The van der Waals surface area contributed by atoms with Crippen molar-refractivity contribution in [2.75, 3.05) is 22.5 Å². The van der Waals surface area contributed by atoms with Crippen LogP contribution >= 0.6 is 0 Å². The first-order chi connectivity index (χ1) is 12.5. The van der Waals surface area contributed by atoms with Gasteiger partial charge in [-0.3, -0.25) is 0 Å². The number of nitrogen functional groups attached to an aromatic ring is 1. The molecule has 0 amide bonds. The van der Waals surface area contributed by atoms with Crippen LogP contribution in [0.2, 0.25) is 0 Å². The average Bonchev–Trinajstić information content (AvgIpc) is 2.61. The topological polar surface area (TPSA) is 67.1 Å². The minimum atomic E-state index is -0.726. The number of aryl methyl sites for hydroxylation is 1. The Labute approximate surface area is 150 Å². The Morgan fingerprint density at radius 1 is 1.12 bits per heavy atom. The van der Waals surface area contributed by atoms with Crippen LogP contribution in [0, 0.1) is 18.6 Å². The van der Waals surface area contributed by atoms with Crippen LogP contribution in [0.3, 0.4) is 0 Å². The van der Waals surface area contributed by atoms with Crippen LogP contribution in [-0.2, 0) is 0 Å². The molecule has 26 heavy (non-hydrogen) atoms. The van der Waals surface area contributed by atoms with Crippen molar-refractivity contribution in [3.63, 3.8) is 0 Å². The fourth-order valence-electron chi connectivity index (χ4n) is 2.67. The van der Waals surface area contributed by atoms with Gasteiger partial charge in [0.1, 0.15) is 23.6 Å². The van der Waals surface area contributed by atoms with E-state index in [0.717, 1.165) is 23.4 Å². The van der Waals surface area contributed by atoms with Gasteiger partial charge in [0.05, 0.1) is 5.69 Å². The summed E-state index contributed by atoms with van der Waals surface area (Å²) < 4.78 is 27.0. The monoisotopic (exact) mass is 355 g/mol. The van der Waals surface area contributed by atoms with Crippen molar-refractivity contribution >= 4 is 28.7 Å². The van der Waals surface area contributed by atoms with E-state index in [4.69, 9.17) is 5.73 Å². The standard InChI is InChI=1S/C19H19F2N5/c1-3-26(14-6-4-5-12(2)9-14)19-17(22)18(23-11-24-19)25-16-8-7-13(20)10-15(16)21/h4-11H,3,22H2,1-2H3,(H,23,24,25). The lowest BCUT2D eigenvalue weighted by Crippen LogP contribution is -2.20. The van der Waals surface area contributed by atoms with Gasteiger partial charge in [-0.15, -0.1) is 0 Å². The SMILES string of the molecule is CCN(c1cccc(C)c1)c1ncnc(Nc2ccc(F)cc2F)c1N. The van der Waals surface area contributed by atoms with Gasteiger partial charge >= 0.3 is 0 Å². The summed E-state index contributed by atoms with van der Waals surface area (Å²) in [7, 11) is 0. The highest BCUT2D eigenvalue weighted by molar-refractivity contribution is 5.81. The molecule has 7 heteroatoms. The highest BCUT2D eigenvalue weighted by atomic mass is 19.1. The second kappa shape index (κ2) is 7.35. The minimum Gasteiger partial charge on any atom is -0.393 e. The molecule has 0 radical (unpaired) electrons. The van der Waals surface area contributed by atoms with Crippen LogP contribution < -0.4 is 16.0 Å². The molecule has 2 aromatic carbocycles. The van der Waals surface area contributed by atoms with E-state index in [1.54, 1.807) is 0 Å². The molecule has 0 fully saturated rings. The van der Waals surface area contributed by atoms with Gasteiger partial charge in [0.2, 0.25) is 0 Å². The molecule has 0 aliphatic heterocycles. The molecule has 1 aromatic heterocycles. The first-order valence-corrected chi connectivity index (χ1v) is 8.16. The van der Waals surface area contributed by atoms with E-state index in [9.17, 15) is 8.78 Å². The molecule has 0 unspecified atom stereocenters. The number of nitrogens with zero attached hydrogens (tertiary/aromatic N) is 3. The molecule has 3 rings (SSSR count). The molecule has 0 saturated carbocycles. The average molecular weight is 355 g/mol. The molecule has 1 heterocycles. The number of nitrogens with one attached hydrogen (secondary N) is 1. The first kappa shape index (κ1) is 17.6. The fourth-order valence-corrected chi connectivity index (χ4v) is 2.67. The van der Waals surface area contributed by atoms with Crippen LogP contribution in [0.1, 0.15) is 12.5 Å². The number of hydrogen-bond acceptors (Lipinski definition) is 5. The second-order valence-corrected chi connectivity index (χ2v) is 5.79. The van der Waals surface area contributed by atoms with Crippen LogP contribution in [0.5, 0.6) is 0 Å². The molecule has 3 N–H and O–H groups in total. The van der Waals surface area contributed by atoms with Gasteiger partial charge in [-0.25, -0.2) is 18.7 Å². The van der Waals surface area contributed by atoms with Gasteiger partial charge in [0.15, 0.2) is 11.6 Å². The number of rotatable bonds is 5. The van der Waals surface area contributed by atoms with Crippen molar-refractivity contribution in [2.45, 2.75) is 13.8 Å². The van der Waals surface area contributed by atoms with Crippen molar-refractivity contribution in [2.24, 2.45) is 0 Å². The van der Waals surface area contributed by atoms with E-state index in [-0.39, 0.29) is 17.2 Å². The molecule has 0 aliphatic carbocycles. The molecule has 0 aliphatic rings. The molecule has 3 aromatic rings. The summed E-state index contributed by atoms with van der Waals surface area (Å²) in [6.07, 6.45) is 1.36. The van der Waals surface area contributed by atoms with Gasteiger partial charge in [-0.2, -0.15) is 0 Å². The first-order valence-electron chi connectivity index (χ1n) is 8.16. The van der Waals surface area contributed by atoms with Crippen molar-refractivity contribution in [3.8, 4) is 0 Å². The van der Waals surface area contributed by atoms with Crippen molar-refractivity contribution < 1.29 is 8.78 Å². The summed E-state index contributed by atoms with van der Waals surface area (Å²) in [6.45, 7) is 4.62. The van der Waals surface area contributed by atoms with Gasteiger partial charge < -0.3 is 16.0 Å². The number of anilines is 5. The second-order valence-electron chi connectivity index (χ2n) is 5.79. The normalized spacial score (nSPS) is 10.6. The van der Waals surface area contributed by atoms with E-state index in [1.807, 2.05) is 43.0 Å². The molecule has 0 atom stereocenters. The summed E-state index contributed by atoms with van der Waals surface area (Å²) in [5, 5.41) is 2.81. The predicted octanol–water partition coefficient (Wildman–Crippen LogP) is 4.55. The van der Waals surface area contributed by atoms with Crippen molar-refractivity contribution in [3.05, 3.63) is 66.0 Å². The lowest BCUT2D eigenvalue weighted by Gasteiger charge is -2.24. The van der Waals surface area contributed by atoms with Crippen LogP contribution in [-0.4, -0.2) is 16.5 Å². The summed E-state index contributed by atoms with van der Waals surface area (Å²) >= 11 is 0. The Morgan fingerprint density at radius 3 is 2.62 bits per heavy atom. The summed E-state index contributed by atoms with van der Waals surface area (Å²) in [5.74, 6) is -0.610. The zero-order valence-electron chi connectivity index (χ0n) is 14.5. The Morgan fingerprint density at radius 2 is 1.92 bits per heavy atom. The van der Waals surface area contributed by atoms with Gasteiger partial charge in [-0.05, 0) is 43.7 Å². The van der Waals surface area contributed by atoms with E-state index >= 15 is 0 Å². The highest BCUT2D eigenvalue weighted by Crippen LogP contribution is 2.33. The maximum Gasteiger partial charge on any atom is 0.161 e. The Kier molecular flexibility index (Phi) is 4.97. The lowest BCUT2D eigenvalue weighted by atomic mass is 10.2. The Bertz CT molecular complexity index is 930. The Hall–Kier alpha value is -3.22. The third-order valence-electron chi connectivity index (χ3n) is 3.93. The number of hydrogen-bond donors (Lipinski definition) is 2. The van der Waals surface area contributed by atoms with E-state index in [1.165, 1.54) is 12.4 Å². The van der Waals surface area contributed by atoms with E-state index < -0.39 is 11.6 Å².